The highest BCUT2D eigenvalue weighted by Crippen LogP contribution is 2.28. The second-order valence-corrected chi connectivity index (χ2v) is 6.89. The summed E-state index contributed by atoms with van der Waals surface area (Å²) in [6, 6.07) is 15.1. The number of amides is 4. The van der Waals surface area contributed by atoms with Gasteiger partial charge >= 0.3 is 12.1 Å². The van der Waals surface area contributed by atoms with Crippen molar-refractivity contribution in [2.75, 3.05) is 24.8 Å². The molecule has 2 rings (SSSR count). The van der Waals surface area contributed by atoms with Gasteiger partial charge in [0.15, 0.2) is 5.66 Å². The highest BCUT2D eigenvalue weighted by Gasteiger charge is 2.40. The summed E-state index contributed by atoms with van der Waals surface area (Å²) in [5.41, 5.74) is -0.797. The first-order valence-corrected chi connectivity index (χ1v) is 10.2. The van der Waals surface area contributed by atoms with E-state index in [0.29, 0.717) is 21.1 Å². The van der Waals surface area contributed by atoms with Crippen molar-refractivity contribution in [3.8, 4) is 0 Å². The summed E-state index contributed by atoms with van der Waals surface area (Å²) >= 11 is 11.3. The van der Waals surface area contributed by atoms with Crippen LogP contribution in [-0.4, -0.2) is 46.9 Å². The minimum Gasteiger partial charge on any atom is -0.306 e. The predicted molar refractivity (Wildman–Crippen MR) is 117 cm³/mol. The van der Waals surface area contributed by atoms with Gasteiger partial charge in [-0.15, -0.1) is 33.0 Å². The van der Waals surface area contributed by atoms with Crippen molar-refractivity contribution >= 4 is 35.3 Å². The zero-order chi connectivity index (χ0) is 22.7. The normalized spacial score (nSPS) is 10.6. The molecule has 164 valence electrons. The molecule has 2 aromatic carbocycles. The van der Waals surface area contributed by atoms with Crippen LogP contribution in [0, 0.1) is 9.81 Å². The van der Waals surface area contributed by atoms with E-state index in [1.165, 1.54) is 0 Å². The molecule has 0 saturated carbocycles. The number of hydrogen-bond donors (Lipinski definition) is 2. The fourth-order valence-electron chi connectivity index (χ4n) is 2.83. The largest absolute Gasteiger partial charge is 0.342 e. The molecule has 0 radical (unpaired) electrons. The smallest absolute Gasteiger partial charge is 0.306 e. The molecule has 10 nitrogen and oxygen atoms in total. The lowest BCUT2D eigenvalue weighted by Crippen LogP contribution is -2.62. The molecular formula is C19H20Cl2N6O4. The molecule has 2 N–H and O–H groups in total. The van der Waals surface area contributed by atoms with E-state index < -0.39 is 17.7 Å². The first-order chi connectivity index (χ1) is 15.0. The lowest BCUT2D eigenvalue weighted by molar-refractivity contribution is 0.171. The minimum absolute atomic E-state index is 0.0340. The van der Waals surface area contributed by atoms with Gasteiger partial charge in [0, 0.05) is 22.9 Å². The molecule has 31 heavy (non-hydrogen) atoms. The summed E-state index contributed by atoms with van der Waals surface area (Å²) in [6.07, 6.45) is 0. The highest BCUT2D eigenvalue weighted by molar-refractivity contribution is 6.18. The van der Waals surface area contributed by atoms with Crippen molar-refractivity contribution in [1.29, 1.82) is 0 Å². The summed E-state index contributed by atoms with van der Waals surface area (Å²) in [6.45, 7) is -0.308. The summed E-state index contributed by atoms with van der Waals surface area (Å²) < 4.78 is 0. The van der Waals surface area contributed by atoms with Crippen molar-refractivity contribution < 1.29 is 9.59 Å². The van der Waals surface area contributed by atoms with Crippen molar-refractivity contribution in [2.24, 2.45) is 10.6 Å². The number of urea groups is 2. The van der Waals surface area contributed by atoms with Crippen molar-refractivity contribution in [1.82, 2.24) is 20.7 Å². The lowest BCUT2D eigenvalue weighted by atomic mass is 9.91. The van der Waals surface area contributed by atoms with Crippen LogP contribution in [0.4, 0.5) is 9.59 Å². The van der Waals surface area contributed by atoms with Gasteiger partial charge in [0.1, 0.15) is 0 Å². The van der Waals surface area contributed by atoms with Crippen LogP contribution in [-0.2, 0) is 5.66 Å². The molecule has 0 aliphatic rings. The third-order valence-electron chi connectivity index (χ3n) is 4.26. The number of carbonyl (C=O) groups excluding carboxylic acids is 2. The number of carbonyl (C=O) groups is 2. The van der Waals surface area contributed by atoms with E-state index in [1.54, 1.807) is 60.7 Å². The van der Waals surface area contributed by atoms with Crippen LogP contribution >= 0.6 is 23.2 Å². The van der Waals surface area contributed by atoms with Crippen LogP contribution in [0.5, 0.6) is 0 Å². The molecule has 0 spiro atoms. The van der Waals surface area contributed by atoms with Crippen LogP contribution in [0.25, 0.3) is 0 Å². The predicted octanol–water partition coefficient (Wildman–Crippen LogP) is 3.75. The number of hydrogen-bond acceptors (Lipinski definition) is 6. The van der Waals surface area contributed by atoms with Gasteiger partial charge in [-0.2, -0.15) is 10.0 Å². The second kappa shape index (κ2) is 11.8. The Morgan fingerprint density at radius 1 is 0.742 bits per heavy atom. The monoisotopic (exact) mass is 466 g/mol. The molecule has 4 amide bonds. The first kappa shape index (κ1) is 24.0. The van der Waals surface area contributed by atoms with E-state index in [1.807, 2.05) is 0 Å². The quantitative estimate of drug-likeness (QED) is 0.239. The number of rotatable bonds is 10. The van der Waals surface area contributed by atoms with E-state index in [9.17, 15) is 19.4 Å². The number of benzene rings is 2. The molecular weight excluding hydrogens is 447 g/mol. The fraction of sp³-hybridized carbons (Fsp3) is 0.263. The Balaban J connectivity index is 2.61. The maximum atomic E-state index is 12.9. The summed E-state index contributed by atoms with van der Waals surface area (Å²) in [5.74, 6) is -0.0679. The van der Waals surface area contributed by atoms with Crippen molar-refractivity contribution in [3.63, 3.8) is 0 Å². The second-order valence-electron chi connectivity index (χ2n) is 6.13. The van der Waals surface area contributed by atoms with Gasteiger partial charge in [0.2, 0.25) is 0 Å². The Hall–Kier alpha value is -3.24. The first-order valence-electron chi connectivity index (χ1n) is 9.11. The van der Waals surface area contributed by atoms with E-state index in [4.69, 9.17) is 23.2 Å². The topological polar surface area (TPSA) is 124 Å². The molecule has 12 heteroatoms. The standard InChI is InChI=1S/C19H20Cl2N6O4/c20-11-13-26(24-30)17(28)22-19(15-7-3-1-4-8-15,16-9-5-2-6-10-16)23-18(29)27(25-31)14-12-21/h1-10H,11-14H2,(H,22,28)(H,23,29). The van der Waals surface area contributed by atoms with E-state index in [-0.39, 0.29) is 24.8 Å². The SMILES string of the molecule is O=NN(CCCl)C(=O)NC(NC(=O)N(CCCl)N=O)(c1ccccc1)c1ccccc1. The number of halogens is 2. The Labute approximate surface area is 188 Å². The zero-order valence-electron chi connectivity index (χ0n) is 16.3. The molecule has 0 bridgehead atoms. The van der Waals surface area contributed by atoms with E-state index in [0.717, 1.165) is 0 Å². The molecule has 2 aromatic rings. The summed E-state index contributed by atoms with van der Waals surface area (Å²) in [7, 11) is 0. The van der Waals surface area contributed by atoms with Gasteiger partial charge in [-0.25, -0.2) is 9.59 Å². The fourth-order valence-corrected chi connectivity index (χ4v) is 3.15. The van der Waals surface area contributed by atoms with E-state index >= 15 is 0 Å². The maximum absolute atomic E-state index is 12.9. The van der Waals surface area contributed by atoms with Crippen LogP contribution in [0.3, 0.4) is 0 Å². The lowest BCUT2D eigenvalue weighted by Gasteiger charge is -2.37. The molecule has 0 saturated heterocycles. The Kier molecular flexibility index (Phi) is 9.16. The van der Waals surface area contributed by atoms with E-state index in [2.05, 4.69) is 21.2 Å². The zero-order valence-corrected chi connectivity index (χ0v) is 17.8. The molecule has 0 heterocycles. The Morgan fingerprint density at radius 3 is 1.39 bits per heavy atom. The summed E-state index contributed by atoms with van der Waals surface area (Å²) in [4.78, 5) is 48.0. The van der Waals surface area contributed by atoms with Gasteiger partial charge in [0.05, 0.1) is 23.7 Å². The van der Waals surface area contributed by atoms with Gasteiger partial charge in [-0.3, -0.25) is 0 Å². The van der Waals surface area contributed by atoms with Gasteiger partial charge in [-0.05, 0) is 0 Å². The Bertz CT molecular complexity index is 814. The van der Waals surface area contributed by atoms with Gasteiger partial charge in [-0.1, -0.05) is 60.7 Å². The molecule has 0 aliphatic carbocycles. The number of nitrogens with zero attached hydrogens (tertiary/aromatic N) is 4. The van der Waals surface area contributed by atoms with Crippen molar-refractivity contribution in [3.05, 3.63) is 81.6 Å². The number of nitrogens with one attached hydrogen (secondary N) is 2. The van der Waals surface area contributed by atoms with Crippen LogP contribution in [0.2, 0.25) is 0 Å². The Morgan fingerprint density at radius 2 is 1.10 bits per heavy atom. The van der Waals surface area contributed by atoms with Crippen LogP contribution in [0.15, 0.2) is 71.2 Å². The third-order valence-corrected chi connectivity index (χ3v) is 4.60. The molecule has 0 unspecified atom stereocenters. The minimum atomic E-state index is -1.68. The maximum Gasteiger partial charge on any atom is 0.342 e. The summed E-state index contributed by atoms with van der Waals surface area (Å²) in [5, 5.41) is 11.9. The molecule has 0 aliphatic heterocycles. The van der Waals surface area contributed by atoms with Crippen LogP contribution in [0.1, 0.15) is 11.1 Å². The third kappa shape index (κ3) is 5.89. The number of alkyl halides is 2. The number of nitroso groups, excluding NO2 is 2. The average Bonchev–Trinajstić information content (AvgIpc) is 2.81. The van der Waals surface area contributed by atoms with Crippen LogP contribution < -0.4 is 10.6 Å². The van der Waals surface area contributed by atoms with Gasteiger partial charge < -0.3 is 10.6 Å². The molecule has 0 aromatic heterocycles. The van der Waals surface area contributed by atoms with Crippen molar-refractivity contribution in [2.45, 2.75) is 5.66 Å². The molecule has 0 fully saturated rings. The van der Waals surface area contributed by atoms with Gasteiger partial charge in [0.25, 0.3) is 0 Å². The average molecular weight is 467 g/mol. The molecule has 0 atom stereocenters. The highest BCUT2D eigenvalue weighted by atomic mass is 35.5.